The molecule has 0 saturated carbocycles. The summed E-state index contributed by atoms with van der Waals surface area (Å²) in [5, 5.41) is 0. The van der Waals surface area contributed by atoms with Crippen LogP contribution in [-0.4, -0.2) is 27.8 Å². The topological polar surface area (TPSA) is 73.6 Å². The Labute approximate surface area is 100.0 Å². The van der Waals surface area contributed by atoms with Gasteiger partial charge in [-0.2, -0.15) is 0 Å². The molecule has 0 N–H and O–H groups in total. The predicted octanol–water partition coefficient (Wildman–Crippen LogP) is 1.45. The Hall–Kier alpha value is -1.56. The van der Waals surface area contributed by atoms with Crippen molar-refractivity contribution in [2.45, 2.75) is 13.8 Å². The fourth-order valence-electron chi connectivity index (χ4n) is 1.22. The van der Waals surface area contributed by atoms with E-state index in [-0.39, 0.29) is 0 Å². The van der Waals surface area contributed by atoms with Crippen molar-refractivity contribution in [3.8, 4) is 0 Å². The van der Waals surface area contributed by atoms with Crippen molar-refractivity contribution >= 4 is 21.9 Å². The van der Waals surface area contributed by atoms with Crippen LogP contribution in [-0.2, 0) is 19.4 Å². The molecule has 0 amide bonds. The van der Waals surface area contributed by atoms with Crippen molar-refractivity contribution in [1.82, 2.24) is 0 Å². The molecule has 1 heterocycles. The highest BCUT2D eigenvalue weighted by Gasteiger charge is 2.22. The van der Waals surface area contributed by atoms with Gasteiger partial charge in [0.05, 0.1) is 7.11 Å². The fourth-order valence-corrected chi connectivity index (χ4v) is 1.94. The van der Waals surface area contributed by atoms with E-state index in [9.17, 15) is 13.2 Å². The van der Waals surface area contributed by atoms with Crippen LogP contribution in [0.5, 0.6) is 0 Å². The number of hydrogen-bond donors (Lipinski definition) is 0. The average Bonchev–Trinajstić information content (AvgIpc) is 2.52. The van der Waals surface area contributed by atoms with Crippen molar-refractivity contribution < 1.29 is 22.4 Å². The van der Waals surface area contributed by atoms with Gasteiger partial charge in [0.2, 0.25) is 0 Å². The van der Waals surface area contributed by atoms with E-state index in [0.29, 0.717) is 11.5 Å². The Morgan fingerprint density at radius 1 is 1.41 bits per heavy atom. The van der Waals surface area contributed by atoms with E-state index in [1.807, 2.05) is 6.92 Å². The minimum absolute atomic E-state index is 0.311. The standard InChI is InChI=1S/C11H14O5S/c1-7-5-9(16-8(7)2)6-10(11(12)15-3)17(4,13)14/h5-6H,1-4H3/b10-6+. The molecule has 0 aromatic carbocycles. The first-order chi connectivity index (χ1) is 7.75. The van der Waals surface area contributed by atoms with Crippen LogP contribution in [0.1, 0.15) is 17.1 Å². The van der Waals surface area contributed by atoms with Gasteiger partial charge in [0.1, 0.15) is 11.5 Å². The first-order valence-electron chi connectivity index (χ1n) is 4.83. The highest BCUT2D eigenvalue weighted by molar-refractivity contribution is 7.95. The minimum Gasteiger partial charge on any atom is -0.465 e. The van der Waals surface area contributed by atoms with Crippen molar-refractivity contribution in [1.29, 1.82) is 0 Å². The van der Waals surface area contributed by atoms with Gasteiger partial charge in [-0.15, -0.1) is 0 Å². The number of ether oxygens (including phenoxy) is 1. The van der Waals surface area contributed by atoms with Crippen LogP contribution in [0.25, 0.3) is 6.08 Å². The molecule has 17 heavy (non-hydrogen) atoms. The van der Waals surface area contributed by atoms with Gasteiger partial charge >= 0.3 is 5.97 Å². The molecule has 0 aliphatic rings. The zero-order valence-electron chi connectivity index (χ0n) is 10.1. The number of hydrogen-bond acceptors (Lipinski definition) is 5. The number of esters is 1. The van der Waals surface area contributed by atoms with Crippen LogP contribution < -0.4 is 0 Å². The van der Waals surface area contributed by atoms with Crippen LogP contribution >= 0.6 is 0 Å². The zero-order valence-corrected chi connectivity index (χ0v) is 10.9. The normalized spacial score (nSPS) is 12.6. The molecule has 6 heteroatoms. The van der Waals surface area contributed by atoms with Gasteiger partial charge in [-0.3, -0.25) is 0 Å². The SMILES string of the molecule is COC(=O)/C(=C\c1cc(C)c(C)o1)S(C)(=O)=O. The molecule has 1 aromatic rings. The number of aryl methyl sites for hydroxylation is 2. The number of furan rings is 1. The maximum Gasteiger partial charge on any atom is 0.349 e. The summed E-state index contributed by atoms with van der Waals surface area (Å²) in [7, 11) is -2.53. The molecule has 1 aromatic heterocycles. The summed E-state index contributed by atoms with van der Waals surface area (Å²) in [6, 6.07) is 1.66. The molecular weight excluding hydrogens is 244 g/mol. The second-order valence-corrected chi connectivity index (χ2v) is 5.64. The molecule has 0 fully saturated rings. The van der Waals surface area contributed by atoms with E-state index in [4.69, 9.17) is 4.42 Å². The minimum atomic E-state index is -3.65. The Kier molecular flexibility index (Phi) is 3.77. The third-order valence-corrected chi connectivity index (χ3v) is 3.33. The second-order valence-electron chi connectivity index (χ2n) is 3.66. The average molecular weight is 258 g/mol. The highest BCUT2D eigenvalue weighted by atomic mass is 32.2. The second kappa shape index (κ2) is 4.75. The molecule has 0 unspecified atom stereocenters. The van der Waals surface area contributed by atoms with Crippen LogP contribution in [0.4, 0.5) is 0 Å². The van der Waals surface area contributed by atoms with Gasteiger partial charge < -0.3 is 9.15 Å². The molecule has 0 aliphatic heterocycles. The lowest BCUT2D eigenvalue weighted by molar-refractivity contribution is -0.135. The van der Waals surface area contributed by atoms with Gasteiger partial charge in [0, 0.05) is 12.3 Å². The summed E-state index contributed by atoms with van der Waals surface area (Å²) in [5.74, 6) is 0.0824. The van der Waals surface area contributed by atoms with Crippen molar-refractivity contribution in [3.05, 3.63) is 28.1 Å². The van der Waals surface area contributed by atoms with Gasteiger partial charge in [-0.25, -0.2) is 13.2 Å². The molecule has 0 bridgehead atoms. The smallest absolute Gasteiger partial charge is 0.349 e. The van der Waals surface area contributed by atoms with E-state index < -0.39 is 20.7 Å². The summed E-state index contributed by atoms with van der Waals surface area (Å²) >= 11 is 0. The molecule has 0 saturated heterocycles. The van der Waals surface area contributed by atoms with Gasteiger partial charge in [0.25, 0.3) is 0 Å². The molecule has 1 rings (SSSR count). The largest absolute Gasteiger partial charge is 0.465 e. The van der Waals surface area contributed by atoms with Crippen molar-refractivity contribution in [2.75, 3.05) is 13.4 Å². The van der Waals surface area contributed by atoms with E-state index >= 15 is 0 Å². The van der Waals surface area contributed by atoms with Crippen LogP contribution in [0.3, 0.4) is 0 Å². The van der Waals surface area contributed by atoms with E-state index in [1.165, 1.54) is 6.08 Å². The van der Waals surface area contributed by atoms with Crippen LogP contribution in [0.15, 0.2) is 15.4 Å². The van der Waals surface area contributed by atoms with Gasteiger partial charge in [-0.1, -0.05) is 0 Å². The number of rotatable bonds is 3. The monoisotopic (exact) mass is 258 g/mol. The Morgan fingerprint density at radius 3 is 2.35 bits per heavy atom. The van der Waals surface area contributed by atoms with Crippen LogP contribution in [0, 0.1) is 13.8 Å². The van der Waals surface area contributed by atoms with E-state index in [0.717, 1.165) is 18.9 Å². The summed E-state index contributed by atoms with van der Waals surface area (Å²) in [6.07, 6.45) is 2.11. The Morgan fingerprint density at radius 2 is 2.00 bits per heavy atom. The Balaban J connectivity index is 3.29. The Bertz CT molecular complexity index is 543. The fraction of sp³-hybridized carbons (Fsp3) is 0.364. The molecular formula is C11H14O5S. The predicted molar refractivity (Wildman–Crippen MR) is 63.0 cm³/mol. The van der Waals surface area contributed by atoms with E-state index in [1.54, 1.807) is 13.0 Å². The first-order valence-corrected chi connectivity index (χ1v) is 6.72. The number of methoxy groups -OCH3 is 1. The van der Waals surface area contributed by atoms with Crippen molar-refractivity contribution in [2.24, 2.45) is 0 Å². The molecule has 94 valence electrons. The van der Waals surface area contributed by atoms with Gasteiger partial charge in [-0.05, 0) is 25.5 Å². The molecule has 0 aliphatic carbocycles. The quantitative estimate of drug-likeness (QED) is 0.606. The lowest BCUT2D eigenvalue weighted by Crippen LogP contribution is -2.13. The molecule has 5 nitrogen and oxygen atoms in total. The summed E-state index contributed by atoms with van der Waals surface area (Å²) in [4.78, 5) is 10.9. The number of sulfone groups is 1. The zero-order chi connectivity index (χ0) is 13.2. The third kappa shape index (κ3) is 3.20. The number of carbonyl (C=O) groups is 1. The lowest BCUT2D eigenvalue weighted by atomic mass is 10.3. The highest BCUT2D eigenvalue weighted by Crippen LogP contribution is 2.18. The number of carbonyl (C=O) groups excluding carboxylic acids is 1. The summed E-state index contributed by atoms with van der Waals surface area (Å²) < 4.78 is 32.5. The van der Waals surface area contributed by atoms with Gasteiger partial charge in [0.15, 0.2) is 14.7 Å². The first kappa shape index (κ1) is 13.5. The maximum atomic E-state index is 11.4. The van der Waals surface area contributed by atoms with Crippen LogP contribution in [0.2, 0.25) is 0 Å². The summed E-state index contributed by atoms with van der Waals surface area (Å²) in [6.45, 7) is 3.58. The summed E-state index contributed by atoms with van der Waals surface area (Å²) in [5.41, 5.74) is 0.883. The molecule has 0 spiro atoms. The lowest BCUT2D eigenvalue weighted by Gasteiger charge is -2.01. The maximum absolute atomic E-state index is 11.4. The third-order valence-electron chi connectivity index (χ3n) is 2.24. The van der Waals surface area contributed by atoms with Crippen molar-refractivity contribution in [3.63, 3.8) is 0 Å². The van der Waals surface area contributed by atoms with E-state index in [2.05, 4.69) is 4.74 Å². The molecule has 0 atom stereocenters. The molecule has 0 radical (unpaired) electrons.